The van der Waals surface area contributed by atoms with Crippen LogP contribution in [0.3, 0.4) is 0 Å². The predicted molar refractivity (Wildman–Crippen MR) is 111 cm³/mol. The number of amides is 1. The first-order valence-electron chi connectivity index (χ1n) is 9.32. The van der Waals surface area contributed by atoms with Crippen LogP contribution in [0.15, 0.2) is 66.4 Å². The van der Waals surface area contributed by atoms with E-state index in [1.54, 1.807) is 17.0 Å². The molecule has 0 bridgehead atoms. The zero-order valence-electron chi connectivity index (χ0n) is 16.0. The number of benzene rings is 2. The second-order valence-corrected chi connectivity index (χ2v) is 7.43. The zero-order valence-corrected chi connectivity index (χ0v) is 16.7. The number of hydrogen-bond donors (Lipinski definition) is 0. The fraction of sp³-hybridized carbons (Fsp3) is 0.217. The molecule has 148 valence electrons. The Morgan fingerprint density at radius 2 is 2.00 bits per heavy atom. The number of anilines is 1. The Bertz CT molecular complexity index is 1030. The van der Waals surface area contributed by atoms with Gasteiger partial charge in [-0.2, -0.15) is 0 Å². The van der Waals surface area contributed by atoms with Crippen molar-refractivity contribution in [2.75, 3.05) is 18.1 Å². The summed E-state index contributed by atoms with van der Waals surface area (Å²) >= 11 is 6.26. The molecule has 0 aromatic heterocycles. The Morgan fingerprint density at radius 1 is 1.24 bits per heavy atom. The van der Waals surface area contributed by atoms with Crippen LogP contribution < -0.4 is 9.64 Å². The summed E-state index contributed by atoms with van der Waals surface area (Å²) in [5, 5.41) is 0.569. The summed E-state index contributed by atoms with van der Waals surface area (Å²) in [6.07, 6.45) is 1.84. The zero-order chi connectivity index (χ0) is 20.5. The molecule has 1 amide bonds. The Labute approximate surface area is 174 Å². The third-order valence-electron chi connectivity index (χ3n) is 5.18. The van der Waals surface area contributed by atoms with Crippen LogP contribution in [-0.4, -0.2) is 25.1 Å². The molecule has 2 heterocycles. The smallest absolute Gasteiger partial charge is 0.336 e. The second-order valence-electron chi connectivity index (χ2n) is 7.02. The van der Waals surface area contributed by atoms with Crippen molar-refractivity contribution in [2.24, 2.45) is 0 Å². The van der Waals surface area contributed by atoms with Crippen LogP contribution in [0.5, 0.6) is 5.75 Å². The van der Waals surface area contributed by atoms with Crippen molar-refractivity contribution in [2.45, 2.75) is 19.3 Å². The number of esters is 1. The minimum Gasteiger partial charge on any atom is -0.490 e. The van der Waals surface area contributed by atoms with Crippen molar-refractivity contribution in [1.29, 1.82) is 0 Å². The molecule has 2 aromatic carbocycles. The van der Waals surface area contributed by atoms with Gasteiger partial charge in [0, 0.05) is 17.4 Å². The number of nitrogens with zero attached hydrogens (tertiary/aromatic N) is 1. The molecule has 0 saturated heterocycles. The third kappa shape index (κ3) is 3.54. The van der Waals surface area contributed by atoms with E-state index in [-0.39, 0.29) is 30.8 Å². The molecule has 2 aliphatic rings. The van der Waals surface area contributed by atoms with Gasteiger partial charge in [0.15, 0.2) is 0 Å². The first-order chi connectivity index (χ1) is 14.0. The van der Waals surface area contributed by atoms with E-state index in [9.17, 15) is 9.59 Å². The summed E-state index contributed by atoms with van der Waals surface area (Å²) in [6, 6.07) is 12.9. The molecule has 1 atom stereocenters. The van der Waals surface area contributed by atoms with Gasteiger partial charge < -0.3 is 9.47 Å². The van der Waals surface area contributed by atoms with Crippen LogP contribution in [0.2, 0.25) is 5.02 Å². The molecule has 0 N–H and O–H groups in total. The first kappa shape index (κ1) is 19.3. The standard InChI is InChI=1S/C23H20ClNO4/c1-3-10-28-17-8-5-15(6-9-17)18-12-21(26)25(20-13-29-23(27)22(18)20)16-7-4-14(2)19(24)11-16/h3-9,11,18H,1,10,12-13H2,2H3. The van der Waals surface area contributed by atoms with Gasteiger partial charge in [0.25, 0.3) is 0 Å². The molecular formula is C23H20ClNO4. The predicted octanol–water partition coefficient (Wildman–Crippen LogP) is 4.54. The molecule has 0 radical (unpaired) electrons. The highest BCUT2D eigenvalue weighted by atomic mass is 35.5. The van der Waals surface area contributed by atoms with Gasteiger partial charge in [-0.15, -0.1) is 0 Å². The second kappa shape index (κ2) is 7.76. The molecule has 0 spiro atoms. The summed E-state index contributed by atoms with van der Waals surface area (Å²) in [5.74, 6) is -0.125. The van der Waals surface area contributed by atoms with Gasteiger partial charge >= 0.3 is 5.97 Å². The van der Waals surface area contributed by atoms with Gasteiger partial charge in [0.05, 0.1) is 17.0 Å². The normalized spacial score (nSPS) is 18.6. The fourth-order valence-corrected chi connectivity index (χ4v) is 3.89. The van der Waals surface area contributed by atoms with E-state index in [1.807, 2.05) is 43.3 Å². The van der Waals surface area contributed by atoms with Crippen LogP contribution >= 0.6 is 11.6 Å². The largest absolute Gasteiger partial charge is 0.490 e. The number of halogens is 1. The SMILES string of the molecule is C=CCOc1ccc(C2CC(=O)N(c3ccc(C)c(Cl)c3)C3=C2C(=O)OC3)cc1. The number of aryl methyl sites for hydroxylation is 1. The third-order valence-corrected chi connectivity index (χ3v) is 5.59. The van der Waals surface area contributed by atoms with Crippen molar-refractivity contribution in [3.05, 3.63) is 82.5 Å². The van der Waals surface area contributed by atoms with Crippen LogP contribution in [0.25, 0.3) is 0 Å². The number of cyclic esters (lactones) is 1. The van der Waals surface area contributed by atoms with Gasteiger partial charge in [-0.3, -0.25) is 9.69 Å². The Hall–Kier alpha value is -3.05. The molecule has 1 unspecified atom stereocenters. The van der Waals surface area contributed by atoms with Gasteiger partial charge in [0.1, 0.15) is 19.0 Å². The van der Waals surface area contributed by atoms with Gasteiger partial charge in [-0.25, -0.2) is 4.79 Å². The lowest BCUT2D eigenvalue weighted by Gasteiger charge is -2.32. The number of ether oxygens (including phenoxy) is 2. The quantitative estimate of drug-likeness (QED) is 0.537. The van der Waals surface area contributed by atoms with Crippen molar-refractivity contribution in [3.8, 4) is 5.75 Å². The number of carbonyl (C=O) groups excluding carboxylic acids is 2. The van der Waals surface area contributed by atoms with Crippen LogP contribution in [0.1, 0.15) is 23.5 Å². The molecule has 6 heteroatoms. The van der Waals surface area contributed by atoms with Crippen LogP contribution in [-0.2, 0) is 14.3 Å². The molecule has 2 aromatic rings. The highest BCUT2D eigenvalue weighted by Gasteiger charge is 2.43. The molecule has 2 aliphatic heterocycles. The summed E-state index contributed by atoms with van der Waals surface area (Å²) in [5.41, 5.74) is 3.55. The van der Waals surface area contributed by atoms with Crippen LogP contribution in [0.4, 0.5) is 5.69 Å². The Kier molecular flexibility index (Phi) is 5.16. The van der Waals surface area contributed by atoms with Crippen molar-refractivity contribution in [1.82, 2.24) is 0 Å². The van der Waals surface area contributed by atoms with Crippen molar-refractivity contribution < 1.29 is 19.1 Å². The van der Waals surface area contributed by atoms with Gasteiger partial charge in [-0.1, -0.05) is 42.5 Å². The lowest BCUT2D eigenvalue weighted by molar-refractivity contribution is -0.136. The lowest BCUT2D eigenvalue weighted by atomic mass is 9.84. The number of rotatable bonds is 5. The molecule has 4 rings (SSSR count). The van der Waals surface area contributed by atoms with Crippen molar-refractivity contribution in [3.63, 3.8) is 0 Å². The maximum Gasteiger partial charge on any atom is 0.336 e. The minimum atomic E-state index is -0.382. The average Bonchev–Trinajstić information content (AvgIpc) is 3.10. The molecule has 5 nitrogen and oxygen atoms in total. The Balaban J connectivity index is 1.72. The van der Waals surface area contributed by atoms with E-state index >= 15 is 0 Å². The van der Waals surface area contributed by atoms with E-state index in [0.29, 0.717) is 34.3 Å². The fourth-order valence-electron chi connectivity index (χ4n) is 3.71. The minimum absolute atomic E-state index is 0.0719. The molecular weight excluding hydrogens is 390 g/mol. The van der Waals surface area contributed by atoms with E-state index in [1.165, 1.54) is 0 Å². The van der Waals surface area contributed by atoms with Crippen LogP contribution in [0, 0.1) is 6.92 Å². The van der Waals surface area contributed by atoms with E-state index in [4.69, 9.17) is 21.1 Å². The topological polar surface area (TPSA) is 55.8 Å². The maximum absolute atomic E-state index is 13.1. The summed E-state index contributed by atoms with van der Waals surface area (Å²) in [6.45, 7) is 6.01. The monoisotopic (exact) mass is 409 g/mol. The molecule has 0 fully saturated rings. The highest BCUT2D eigenvalue weighted by Crippen LogP contribution is 2.42. The lowest BCUT2D eigenvalue weighted by Crippen LogP contribution is -2.37. The van der Waals surface area contributed by atoms with Crippen molar-refractivity contribution >= 4 is 29.2 Å². The maximum atomic E-state index is 13.1. The Morgan fingerprint density at radius 3 is 2.69 bits per heavy atom. The molecule has 0 aliphatic carbocycles. The number of hydrogen-bond acceptors (Lipinski definition) is 4. The molecule has 29 heavy (non-hydrogen) atoms. The first-order valence-corrected chi connectivity index (χ1v) is 9.70. The highest BCUT2D eigenvalue weighted by molar-refractivity contribution is 6.31. The average molecular weight is 410 g/mol. The van der Waals surface area contributed by atoms with Gasteiger partial charge in [-0.05, 0) is 42.3 Å². The molecule has 0 saturated carbocycles. The summed E-state index contributed by atoms with van der Waals surface area (Å²) in [4.78, 5) is 27.2. The van der Waals surface area contributed by atoms with E-state index < -0.39 is 0 Å². The van der Waals surface area contributed by atoms with Gasteiger partial charge in [0.2, 0.25) is 5.91 Å². The number of carbonyl (C=O) groups is 2. The summed E-state index contributed by atoms with van der Waals surface area (Å²) < 4.78 is 10.8. The van der Waals surface area contributed by atoms with E-state index in [2.05, 4.69) is 6.58 Å². The summed E-state index contributed by atoms with van der Waals surface area (Å²) in [7, 11) is 0. The van der Waals surface area contributed by atoms with E-state index in [0.717, 1.165) is 11.1 Å².